The van der Waals surface area contributed by atoms with Gasteiger partial charge in [-0.1, -0.05) is 26.8 Å². The van der Waals surface area contributed by atoms with Crippen molar-refractivity contribution < 1.29 is 9.53 Å². The first-order valence-corrected chi connectivity index (χ1v) is 11.7. The van der Waals surface area contributed by atoms with Crippen LogP contribution in [0, 0.1) is 22.7 Å². The number of fused-ring (bicyclic) bond motifs is 1. The van der Waals surface area contributed by atoms with E-state index in [1.54, 1.807) is 29.5 Å². The van der Waals surface area contributed by atoms with Gasteiger partial charge >= 0.3 is 0 Å². The number of thiocarbonyl (C=S) groups is 1. The average Bonchev–Trinajstić information content (AvgIpc) is 3.02. The fourth-order valence-corrected chi connectivity index (χ4v) is 5.37. The summed E-state index contributed by atoms with van der Waals surface area (Å²) in [6, 6.07) is 9.32. The Morgan fingerprint density at radius 1 is 1.35 bits per heavy atom. The molecular formula is C24H29N3O2S2. The van der Waals surface area contributed by atoms with Crippen molar-refractivity contribution in [2.45, 2.75) is 60.0 Å². The lowest BCUT2D eigenvalue weighted by Gasteiger charge is -2.33. The van der Waals surface area contributed by atoms with E-state index in [0.717, 1.165) is 24.8 Å². The van der Waals surface area contributed by atoms with E-state index in [0.29, 0.717) is 27.8 Å². The van der Waals surface area contributed by atoms with Crippen LogP contribution >= 0.6 is 23.6 Å². The van der Waals surface area contributed by atoms with Gasteiger partial charge in [-0.2, -0.15) is 5.26 Å². The molecule has 3 rings (SSSR count). The zero-order valence-corrected chi connectivity index (χ0v) is 20.3. The molecule has 1 heterocycles. The summed E-state index contributed by atoms with van der Waals surface area (Å²) in [6.07, 6.45) is 2.98. The molecule has 164 valence electrons. The van der Waals surface area contributed by atoms with Gasteiger partial charge in [-0.05, 0) is 80.4 Å². The van der Waals surface area contributed by atoms with Gasteiger partial charge < -0.3 is 10.1 Å². The number of anilines is 1. The normalized spacial score (nSPS) is 15.7. The third kappa shape index (κ3) is 5.63. The predicted molar refractivity (Wildman–Crippen MR) is 130 cm³/mol. The van der Waals surface area contributed by atoms with E-state index < -0.39 is 0 Å². The minimum absolute atomic E-state index is 0.0215. The Morgan fingerprint density at radius 3 is 2.74 bits per heavy atom. The number of nitriles is 1. The Kier molecular flexibility index (Phi) is 7.03. The fraction of sp³-hybridized carbons (Fsp3) is 0.458. The second-order valence-electron chi connectivity index (χ2n) is 9.23. The third-order valence-electron chi connectivity index (χ3n) is 5.52. The fourth-order valence-electron chi connectivity index (χ4n) is 3.82. The molecule has 1 amide bonds. The molecule has 0 saturated carbocycles. The lowest BCUT2D eigenvalue weighted by atomic mass is 9.72. The number of hydrogen-bond acceptors (Lipinski definition) is 5. The van der Waals surface area contributed by atoms with Gasteiger partial charge in [0.15, 0.2) is 5.11 Å². The minimum Gasteiger partial charge on any atom is -0.491 e. The second kappa shape index (κ2) is 9.37. The molecule has 0 aliphatic heterocycles. The van der Waals surface area contributed by atoms with Crippen molar-refractivity contribution >= 4 is 39.6 Å². The molecule has 0 bridgehead atoms. The van der Waals surface area contributed by atoms with Crippen LogP contribution in [-0.2, 0) is 12.8 Å². The summed E-state index contributed by atoms with van der Waals surface area (Å²) in [6.45, 7) is 10.7. The van der Waals surface area contributed by atoms with Gasteiger partial charge in [0.25, 0.3) is 5.91 Å². The lowest BCUT2D eigenvalue weighted by Crippen LogP contribution is -2.34. The standard InChI is InChI=1S/C24H29N3O2S2/c1-14(2)29-17-8-6-7-15(11-17)21(28)26-23(30)27-22-19(13-25)18-10-9-16(24(3,4)5)12-20(18)31-22/h6-8,11,14,16H,9-10,12H2,1-5H3,(H2,26,27,28,30)/t16-/m0/s1. The highest BCUT2D eigenvalue weighted by molar-refractivity contribution is 7.80. The summed E-state index contributed by atoms with van der Waals surface area (Å²) < 4.78 is 5.65. The van der Waals surface area contributed by atoms with Crippen molar-refractivity contribution in [1.82, 2.24) is 5.32 Å². The number of nitrogens with zero attached hydrogens (tertiary/aromatic N) is 1. The maximum Gasteiger partial charge on any atom is 0.257 e. The van der Waals surface area contributed by atoms with Crippen LogP contribution in [0.2, 0.25) is 0 Å². The van der Waals surface area contributed by atoms with Crippen LogP contribution in [0.5, 0.6) is 5.75 Å². The molecule has 1 aromatic heterocycles. The number of amides is 1. The highest BCUT2D eigenvalue weighted by Gasteiger charge is 2.32. The van der Waals surface area contributed by atoms with Crippen LogP contribution in [0.1, 0.15) is 67.4 Å². The van der Waals surface area contributed by atoms with Gasteiger partial charge in [0.1, 0.15) is 16.8 Å². The van der Waals surface area contributed by atoms with Crippen molar-refractivity contribution in [2.24, 2.45) is 11.3 Å². The van der Waals surface area contributed by atoms with E-state index >= 15 is 0 Å². The number of carbonyl (C=O) groups is 1. The molecule has 1 aromatic carbocycles. The van der Waals surface area contributed by atoms with E-state index in [-0.39, 0.29) is 22.5 Å². The average molecular weight is 456 g/mol. The molecule has 0 radical (unpaired) electrons. The first kappa shape index (κ1) is 23.2. The Bertz CT molecular complexity index is 1030. The number of hydrogen-bond donors (Lipinski definition) is 2. The van der Waals surface area contributed by atoms with Gasteiger partial charge in [0.2, 0.25) is 0 Å². The molecule has 5 nitrogen and oxygen atoms in total. The maximum absolute atomic E-state index is 12.6. The zero-order valence-electron chi connectivity index (χ0n) is 18.7. The lowest BCUT2D eigenvalue weighted by molar-refractivity contribution is 0.0977. The SMILES string of the molecule is CC(C)Oc1cccc(C(=O)NC(=S)Nc2sc3c(c2C#N)CC[C@H](C(C)(C)C)C3)c1. The zero-order chi connectivity index (χ0) is 22.8. The Morgan fingerprint density at radius 2 is 2.10 bits per heavy atom. The van der Waals surface area contributed by atoms with Gasteiger partial charge in [0, 0.05) is 10.4 Å². The van der Waals surface area contributed by atoms with Gasteiger partial charge in [-0.15, -0.1) is 11.3 Å². The summed E-state index contributed by atoms with van der Waals surface area (Å²) >= 11 is 6.94. The molecule has 2 aromatic rings. The molecule has 31 heavy (non-hydrogen) atoms. The van der Waals surface area contributed by atoms with Gasteiger partial charge in [0.05, 0.1) is 11.7 Å². The number of benzene rings is 1. The van der Waals surface area contributed by atoms with Crippen LogP contribution in [0.25, 0.3) is 0 Å². The summed E-state index contributed by atoms with van der Waals surface area (Å²) in [4.78, 5) is 13.9. The Balaban J connectivity index is 1.71. The highest BCUT2D eigenvalue weighted by atomic mass is 32.1. The Labute approximate surface area is 193 Å². The van der Waals surface area contributed by atoms with E-state index in [2.05, 4.69) is 37.5 Å². The van der Waals surface area contributed by atoms with Crippen LogP contribution in [-0.4, -0.2) is 17.1 Å². The van der Waals surface area contributed by atoms with Crippen molar-refractivity contribution in [3.05, 3.63) is 45.8 Å². The predicted octanol–water partition coefficient (Wildman–Crippen LogP) is 5.68. The first-order valence-electron chi connectivity index (χ1n) is 10.5. The molecule has 1 atom stereocenters. The van der Waals surface area contributed by atoms with Crippen molar-refractivity contribution in [2.75, 3.05) is 5.32 Å². The molecule has 0 fully saturated rings. The Hall–Kier alpha value is -2.43. The van der Waals surface area contributed by atoms with E-state index in [9.17, 15) is 10.1 Å². The number of ether oxygens (including phenoxy) is 1. The monoisotopic (exact) mass is 455 g/mol. The summed E-state index contributed by atoms with van der Waals surface area (Å²) in [7, 11) is 0. The van der Waals surface area contributed by atoms with Crippen molar-refractivity contribution in [3.8, 4) is 11.8 Å². The molecule has 0 unspecified atom stereocenters. The topological polar surface area (TPSA) is 74.2 Å². The number of nitrogens with one attached hydrogen (secondary N) is 2. The van der Waals surface area contributed by atoms with Crippen molar-refractivity contribution in [3.63, 3.8) is 0 Å². The highest BCUT2D eigenvalue weighted by Crippen LogP contribution is 2.43. The van der Waals surface area contributed by atoms with Crippen LogP contribution in [0.15, 0.2) is 24.3 Å². The largest absolute Gasteiger partial charge is 0.491 e. The van der Waals surface area contributed by atoms with Gasteiger partial charge in [-0.3, -0.25) is 10.1 Å². The number of carbonyl (C=O) groups excluding carboxylic acids is 1. The van der Waals surface area contributed by atoms with Gasteiger partial charge in [-0.25, -0.2) is 0 Å². The summed E-state index contributed by atoms with van der Waals surface area (Å²) in [5, 5.41) is 16.4. The van der Waals surface area contributed by atoms with E-state index in [1.165, 1.54) is 4.88 Å². The molecule has 1 aliphatic carbocycles. The molecular weight excluding hydrogens is 426 g/mol. The molecule has 0 saturated heterocycles. The van der Waals surface area contributed by atoms with E-state index in [4.69, 9.17) is 17.0 Å². The summed E-state index contributed by atoms with van der Waals surface area (Å²) in [5.41, 5.74) is 2.47. The minimum atomic E-state index is -0.320. The number of rotatable bonds is 4. The maximum atomic E-state index is 12.6. The second-order valence-corrected chi connectivity index (χ2v) is 10.7. The molecule has 0 spiro atoms. The number of thiophene rings is 1. The van der Waals surface area contributed by atoms with Crippen LogP contribution in [0.4, 0.5) is 5.00 Å². The third-order valence-corrected chi connectivity index (χ3v) is 6.90. The quantitative estimate of drug-likeness (QED) is 0.580. The molecule has 2 N–H and O–H groups in total. The van der Waals surface area contributed by atoms with E-state index in [1.807, 2.05) is 19.9 Å². The smallest absolute Gasteiger partial charge is 0.257 e. The van der Waals surface area contributed by atoms with Crippen LogP contribution in [0.3, 0.4) is 0 Å². The first-order chi connectivity index (χ1) is 14.6. The molecule has 1 aliphatic rings. The van der Waals surface area contributed by atoms with Crippen molar-refractivity contribution in [1.29, 1.82) is 5.26 Å². The summed E-state index contributed by atoms with van der Waals surface area (Å²) in [5.74, 6) is 0.900. The van der Waals surface area contributed by atoms with Crippen LogP contribution < -0.4 is 15.4 Å². The molecule has 7 heteroatoms.